The van der Waals surface area contributed by atoms with E-state index in [4.69, 9.17) is 5.53 Å². The summed E-state index contributed by atoms with van der Waals surface area (Å²) in [4.78, 5) is 13.2. The molecule has 0 aliphatic rings. The molecular formula is C11H10N2O2. The second-order valence-electron chi connectivity index (χ2n) is 2.69. The molecule has 0 heterocycles. The van der Waals surface area contributed by atoms with Crippen molar-refractivity contribution >= 4 is 18.3 Å². The standard InChI is InChI=1S/C11H10N2O2/c12-13-9-11(14)15-8-4-7-10-5-2-1-3-6-10/h1-7,9H,8H2/b7-4+. The number of nitrogens with zero attached hydrogens (tertiary/aromatic N) is 2. The van der Waals surface area contributed by atoms with Crippen LogP contribution in [0.2, 0.25) is 0 Å². The molecule has 0 spiro atoms. The molecule has 76 valence electrons. The summed E-state index contributed by atoms with van der Waals surface area (Å²) in [5.74, 6) is -0.671. The number of rotatable bonds is 4. The van der Waals surface area contributed by atoms with E-state index in [0.29, 0.717) is 6.21 Å². The number of carbonyl (C=O) groups is 1. The molecular weight excluding hydrogens is 192 g/mol. The molecule has 0 saturated carbocycles. The largest absolute Gasteiger partial charge is 0.453 e. The Morgan fingerprint density at radius 2 is 2.13 bits per heavy atom. The number of carbonyl (C=O) groups excluding carboxylic acids is 1. The van der Waals surface area contributed by atoms with Crippen molar-refractivity contribution in [2.45, 2.75) is 0 Å². The molecule has 1 rings (SSSR count). The highest BCUT2D eigenvalue weighted by Gasteiger charge is 1.99. The third-order valence-corrected chi connectivity index (χ3v) is 1.59. The maximum Gasteiger partial charge on any atom is 0.413 e. The van der Waals surface area contributed by atoms with E-state index >= 15 is 0 Å². The lowest BCUT2D eigenvalue weighted by Crippen LogP contribution is -2.05. The van der Waals surface area contributed by atoms with Crippen molar-refractivity contribution in [3.8, 4) is 0 Å². The van der Waals surface area contributed by atoms with E-state index in [2.05, 4.69) is 9.53 Å². The van der Waals surface area contributed by atoms with Crippen molar-refractivity contribution in [3.05, 3.63) is 47.5 Å². The molecule has 0 radical (unpaired) electrons. The first kappa shape index (κ1) is 10.9. The number of hydrogen-bond acceptors (Lipinski definition) is 2. The first-order valence-electron chi connectivity index (χ1n) is 4.38. The van der Waals surface area contributed by atoms with Crippen LogP contribution in [0.4, 0.5) is 0 Å². The van der Waals surface area contributed by atoms with Crippen molar-refractivity contribution in [2.24, 2.45) is 0 Å². The van der Waals surface area contributed by atoms with Crippen LogP contribution in [-0.2, 0) is 9.53 Å². The molecule has 0 bridgehead atoms. The van der Waals surface area contributed by atoms with Crippen LogP contribution >= 0.6 is 0 Å². The average Bonchev–Trinajstić information content (AvgIpc) is 2.26. The highest BCUT2D eigenvalue weighted by Crippen LogP contribution is 2.00. The van der Waals surface area contributed by atoms with Crippen LogP contribution in [0.5, 0.6) is 0 Å². The van der Waals surface area contributed by atoms with Gasteiger partial charge in [0, 0.05) is 0 Å². The zero-order valence-corrected chi connectivity index (χ0v) is 8.04. The molecule has 0 saturated heterocycles. The lowest BCUT2D eigenvalue weighted by atomic mass is 10.2. The summed E-state index contributed by atoms with van der Waals surface area (Å²) in [6.45, 7) is 0.153. The Bertz CT molecular complexity index is 392. The lowest BCUT2D eigenvalue weighted by molar-refractivity contribution is -0.137. The predicted molar refractivity (Wildman–Crippen MR) is 56.1 cm³/mol. The summed E-state index contributed by atoms with van der Waals surface area (Å²) >= 11 is 0. The topological polar surface area (TPSA) is 62.7 Å². The van der Waals surface area contributed by atoms with Gasteiger partial charge in [0.25, 0.3) is 0 Å². The van der Waals surface area contributed by atoms with Crippen molar-refractivity contribution < 1.29 is 14.3 Å². The van der Waals surface area contributed by atoms with Crippen LogP contribution in [0.25, 0.3) is 11.6 Å². The average molecular weight is 202 g/mol. The van der Waals surface area contributed by atoms with Crippen molar-refractivity contribution in [3.63, 3.8) is 0 Å². The van der Waals surface area contributed by atoms with Gasteiger partial charge in [-0.15, -0.1) is 0 Å². The minimum absolute atomic E-state index is 0.153. The highest BCUT2D eigenvalue weighted by atomic mass is 16.5. The summed E-state index contributed by atoms with van der Waals surface area (Å²) in [5.41, 5.74) is 9.05. The van der Waals surface area contributed by atoms with Gasteiger partial charge < -0.3 is 10.3 Å². The molecule has 0 fully saturated rings. The van der Waals surface area contributed by atoms with Crippen LogP contribution in [0.15, 0.2) is 36.4 Å². The third kappa shape index (κ3) is 4.55. The molecule has 4 heteroatoms. The highest BCUT2D eigenvalue weighted by molar-refractivity contribution is 6.20. The van der Waals surface area contributed by atoms with Gasteiger partial charge in [-0.25, -0.2) is 4.79 Å². The number of benzene rings is 1. The summed E-state index contributed by atoms with van der Waals surface area (Å²) in [6.07, 6.45) is 4.25. The fraction of sp³-hybridized carbons (Fsp3) is 0.0909. The van der Waals surface area contributed by atoms with Crippen molar-refractivity contribution in [2.75, 3.05) is 6.61 Å². The van der Waals surface area contributed by atoms with Gasteiger partial charge in [-0.05, 0) is 11.6 Å². The number of esters is 1. The van der Waals surface area contributed by atoms with E-state index < -0.39 is 5.97 Å². The second kappa shape index (κ2) is 6.29. The van der Waals surface area contributed by atoms with E-state index in [1.807, 2.05) is 36.4 Å². The summed E-state index contributed by atoms with van der Waals surface area (Å²) in [6, 6.07) is 9.64. The Labute approximate surface area is 87.4 Å². The molecule has 0 aromatic heterocycles. The first-order valence-corrected chi connectivity index (χ1v) is 4.38. The van der Waals surface area contributed by atoms with Gasteiger partial charge in [-0.1, -0.05) is 36.4 Å². The minimum atomic E-state index is -0.671. The summed E-state index contributed by atoms with van der Waals surface area (Å²) < 4.78 is 4.67. The predicted octanol–water partition coefficient (Wildman–Crippen LogP) is 1.54. The molecule has 0 aliphatic heterocycles. The van der Waals surface area contributed by atoms with Gasteiger partial charge in [0.2, 0.25) is 0 Å². The van der Waals surface area contributed by atoms with Crippen LogP contribution in [0, 0.1) is 0 Å². The van der Waals surface area contributed by atoms with Gasteiger partial charge in [0.05, 0.1) is 0 Å². The zero-order valence-electron chi connectivity index (χ0n) is 8.04. The molecule has 0 N–H and O–H groups in total. The molecule has 0 aliphatic carbocycles. The van der Waals surface area contributed by atoms with E-state index in [-0.39, 0.29) is 6.61 Å². The Morgan fingerprint density at radius 3 is 2.80 bits per heavy atom. The zero-order chi connectivity index (χ0) is 10.9. The molecule has 15 heavy (non-hydrogen) atoms. The fourth-order valence-electron chi connectivity index (χ4n) is 0.963. The maximum absolute atomic E-state index is 10.7. The maximum atomic E-state index is 10.7. The van der Waals surface area contributed by atoms with Crippen LogP contribution in [-0.4, -0.2) is 23.6 Å². The minimum Gasteiger partial charge on any atom is -0.453 e. The molecule has 1 aromatic rings. The Balaban J connectivity index is 2.35. The summed E-state index contributed by atoms with van der Waals surface area (Å²) in [7, 11) is 0. The van der Waals surface area contributed by atoms with Gasteiger partial charge in [0.1, 0.15) is 6.61 Å². The smallest absolute Gasteiger partial charge is 0.413 e. The Kier molecular flexibility index (Phi) is 4.57. The quantitative estimate of drug-likeness (QED) is 0.322. The van der Waals surface area contributed by atoms with E-state index in [9.17, 15) is 4.79 Å². The van der Waals surface area contributed by atoms with E-state index in [0.717, 1.165) is 5.56 Å². The number of hydrogen-bond donors (Lipinski definition) is 0. The van der Waals surface area contributed by atoms with Crippen molar-refractivity contribution in [1.82, 2.24) is 0 Å². The lowest BCUT2D eigenvalue weighted by Gasteiger charge is -1.93. The second-order valence-corrected chi connectivity index (χ2v) is 2.69. The van der Waals surface area contributed by atoms with Crippen LogP contribution in [0.1, 0.15) is 5.56 Å². The van der Waals surface area contributed by atoms with Crippen LogP contribution < -0.4 is 0 Å². The molecule has 0 amide bonds. The fourth-order valence-corrected chi connectivity index (χ4v) is 0.963. The third-order valence-electron chi connectivity index (χ3n) is 1.59. The molecule has 0 unspecified atom stereocenters. The first-order chi connectivity index (χ1) is 7.33. The van der Waals surface area contributed by atoms with Gasteiger partial charge in [0.15, 0.2) is 0 Å². The molecule has 4 nitrogen and oxygen atoms in total. The van der Waals surface area contributed by atoms with Crippen LogP contribution in [0.3, 0.4) is 0 Å². The number of ether oxygens (including phenoxy) is 1. The van der Waals surface area contributed by atoms with Gasteiger partial charge >= 0.3 is 12.2 Å². The monoisotopic (exact) mass is 202 g/mol. The molecule has 0 atom stereocenters. The van der Waals surface area contributed by atoms with E-state index in [1.165, 1.54) is 0 Å². The Hall–Kier alpha value is -2.19. The van der Waals surface area contributed by atoms with E-state index in [1.54, 1.807) is 6.08 Å². The molecule has 1 aromatic carbocycles. The van der Waals surface area contributed by atoms with Gasteiger partial charge in [-0.3, -0.25) is 0 Å². The SMILES string of the molecule is [N-]=[N+]=CC(=O)OC/C=C/c1ccccc1. The summed E-state index contributed by atoms with van der Waals surface area (Å²) in [5, 5.41) is 0. The van der Waals surface area contributed by atoms with Crippen molar-refractivity contribution in [1.29, 1.82) is 0 Å². The normalized spacial score (nSPS) is 9.60. The Morgan fingerprint density at radius 1 is 1.40 bits per heavy atom. The van der Waals surface area contributed by atoms with Gasteiger partial charge in [-0.2, -0.15) is 4.79 Å².